The van der Waals surface area contributed by atoms with Gasteiger partial charge in [-0.15, -0.1) is 0 Å². The SMILES string of the molecule is O=C1N=C2C(=C1NCCCc1ccccc1)c1cccc3cccc2c13. The molecule has 0 fully saturated rings. The molecule has 0 radical (unpaired) electrons. The summed E-state index contributed by atoms with van der Waals surface area (Å²) < 4.78 is 0. The fourth-order valence-corrected chi connectivity index (χ4v) is 3.96. The van der Waals surface area contributed by atoms with Gasteiger partial charge < -0.3 is 5.32 Å². The van der Waals surface area contributed by atoms with Crippen LogP contribution in [0.25, 0.3) is 16.3 Å². The minimum absolute atomic E-state index is 0.152. The first-order chi connectivity index (χ1) is 12.8. The Hall–Kier alpha value is -3.20. The second kappa shape index (κ2) is 5.95. The number of nitrogens with one attached hydrogen (secondary N) is 1. The van der Waals surface area contributed by atoms with E-state index in [9.17, 15) is 4.79 Å². The maximum atomic E-state index is 12.5. The molecule has 0 saturated carbocycles. The van der Waals surface area contributed by atoms with Crippen molar-refractivity contribution in [3.05, 3.63) is 89.1 Å². The van der Waals surface area contributed by atoms with Gasteiger partial charge in [-0.05, 0) is 34.7 Å². The molecule has 0 bridgehead atoms. The summed E-state index contributed by atoms with van der Waals surface area (Å²) in [5.41, 5.74) is 5.96. The Labute approximate surface area is 152 Å². The summed E-state index contributed by atoms with van der Waals surface area (Å²) in [5.74, 6) is -0.152. The summed E-state index contributed by atoms with van der Waals surface area (Å²) in [5, 5.41) is 5.77. The summed E-state index contributed by atoms with van der Waals surface area (Å²) in [7, 11) is 0. The van der Waals surface area contributed by atoms with E-state index in [4.69, 9.17) is 0 Å². The average Bonchev–Trinajstić information content (AvgIpc) is 3.16. The van der Waals surface area contributed by atoms with Crippen molar-refractivity contribution in [2.75, 3.05) is 6.54 Å². The van der Waals surface area contributed by atoms with Gasteiger partial charge in [0.25, 0.3) is 5.91 Å². The summed E-state index contributed by atoms with van der Waals surface area (Å²) in [6.07, 6.45) is 1.97. The highest BCUT2D eigenvalue weighted by atomic mass is 16.1. The van der Waals surface area contributed by atoms with Crippen LogP contribution in [-0.2, 0) is 11.2 Å². The number of rotatable bonds is 5. The van der Waals surface area contributed by atoms with Gasteiger partial charge in [-0.3, -0.25) is 4.79 Å². The third kappa shape index (κ3) is 2.28. The number of carbonyl (C=O) groups is 1. The lowest BCUT2D eigenvalue weighted by atomic mass is 10.0. The molecule has 0 atom stereocenters. The van der Waals surface area contributed by atoms with Crippen LogP contribution in [0.1, 0.15) is 23.1 Å². The van der Waals surface area contributed by atoms with Crippen LogP contribution in [0.3, 0.4) is 0 Å². The molecule has 2 aliphatic rings. The van der Waals surface area contributed by atoms with Crippen molar-refractivity contribution in [1.82, 2.24) is 5.32 Å². The van der Waals surface area contributed by atoms with Crippen molar-refractivity contribution in [2.45, 2.75) is 12.8 Å². The van der Waals surface area contributed by atoms with E-state index in [1.165, 1.54) is 16.3 Å². The Morgan fingerprint density at radius 1 is 0.846 bits per heavy atom. The van der Waals surface area contributed by atoms with Gasteiger partial charge >= 0.3 is 0 Å². The van der Waals surface area contributed by atoms with E-state index < -0.39 is 0 Å². The monoisotopic (exact) mass is 338 g/mol. The topological polar surface area (TPSA) is 41.5 Å². The average molecular weight is 338 g/mol. The Morgan fingerprint density at radius 3 is 2.42 bits per heavy atom. The third-order valence-corrected chi connectivity index (χ3v) is 5.13. The van der Waals surface area contributed by atoms with Crippen LogP contribution in [0.2, 0.25) is 0 Å². The first kappa shape index (κ1) is 15.1. The first-order valence-corrected chi connectivity index (χ1v) is 9.01. The van der Waals surface area contributed by atoms with E-state index in [0.29, 0.717) is 5.70 Å². The van der Waals surface area contributed by atoms with Crippen LogP contribution in [0, 0.1) is 0 Å². The molecule has 0 saturated heterocycles. The molecule has 26 heavy (non-hydrogen) atoms. The standard InChI is InChI=1S/C23H18N2O/c26-23-22(24-14-6-9-15-7-2-1-3-8-15)20-17-12-4-10-16-11-5-13-18(19(16)17)21(20)25-23/h1-5,7-8,10-13H,6,9,14H2,(H,24,25,26). The molecule has 0 unspecified atom stereocenters. The van der Waals surface area contributed by atoms with Gasteiger partial charge in [0, 0.05) is 17.7 Å². The molecular formula is C23H18N2O. The van der Waals surface area contributed by atoms with Crippen molar-refractivity contribution in [3.63, 3.8) is 0 Å². The second-order valence-corrected chi connectivity index (χ2v) is 6.74. The van der Waals surface area contributed by atoms with E-state index in [2.05, 4.69) is 58.8 Å². The number of aliphatic imine (C=N–C) groups is 1. The van der Waals surface area contributed by atoms with Gasteiger partial charge in [0.15, 0.2) is 0 Å². The van der Waals surface area contributed by atoms with Gasteiger partial charge in [0.05, 0.1) is 5.71 Å². The van der Waals surface area contributed by atoms with Crippen LogP contribution in [0.5, 0.6) is 0 Å². The van der Waals surface area contributed by atoms with Gasteiger partial charge in [0.1, 0.15) is 5.70 Å². The number of benzene rings is 3. The molecule has 1 aliphatic heterocycles. The van der Waals surface area contributed by atoms with E-state index in [-0.39, 0.29) is 5.91 Å². The van der Waals surface area contributed by atoms with E-state index >= 15 is 0 Å². The number of hydrogen-bond acceptors (Lipinski definition) is 2. The van der Waals surface area contributed by atoms with Crippen molar-refractivity contribution >= 4 is 28.0 Å². The lowest BCUT2D eigenvalue weighted by Crippen LogP contribution is -2.20. The van der Waals surface area contributed by atoms with Crippen LogP contribution < -0.4 is 5.32 Å². The zero-order valence-electron chi connectivity index (χ0n) is 14.3. The predicted molar refractivity (Wildman–Crippen MR) is 105 cm³/mol. The number of carbonyl (C=O) groups excluding carboxylic acids is 1. The Balaban J connectivity index is 1.42. The van der Waals surface area contributed by atoms with Gasteiger partial charge in [-0.2, -0.15) is 0 Å². The number of nitrogens with zero attached hydrogens (tertiary/aromatic N) is 1. The second-order valence-electron chi connectivity index (χ2n) is 6.74. The molecule has 0 spiro atoms. The zero-order valence-corrected chi connectivity index (χ0v) is 14.3. The molecule has 1 N–H and O–H groups in total. The normalized spacial score (nSPS) is 14.8. The van der Waals surface area contributed by atoms with Crippen molar-refractivity contribution in [1.29, 1.82) is 0 Å². The third-order valence-electron chi connectivity index (χ3n) is 5.13. The molecule has 126 valence electrons. The molecule has 1 amide bonds. The fraction of sp³-hybridized carbons (Fsp3) is 0.130. The van der Waals surface area contributed by atoms with Crippen LogP contribution in [0.15, 0.2) is 77.4 Å². The summed E-state index contributed by atoms with van der Waals surface area (Å²) in [6, 6.07) is 22.9. The van der Waals surface area contributed by atoms with E-state index in [1.54, 1.807) is 0 Å². The Kier molecular flexibility index (Phi) is 3.45. The summed E-state index contributed by atoms with van der Waals surface area (Å²) in [4.78, 5) is 16.8. The molecule has 3 aromatic rings. The molecule has 3 heteroatoms. The highest BCUT2D eigenvalue weighted by molar-refractivity contribution is 6.49. The molecule has 0 aromatic heterocycles. The molecular weight excluding hydrogens is 320 g/mol. The fourth-order valence-electron chi connectivity index (χ4n) is 3.96. The van der Waals surface area contributed by atoms with Gasteiger partial charge in [-0.1, -0.05) is 66.7 Å². The molecule has 1 heterocycles. The molecule has 5 rings (SSSR count). The van der Waals surface area contributed by atoms with Crippen molar-refractivity contribution < 1.29 is 4.79 Å². The number of hydrogen-bond donors (Lipinski definition) is 1. The number of amides is 1. The van der Waals surface area contributed by atoms with Crippen LogP contribution in [-0.4, -0.2) is 18.2 Å². The minimum Gasteiger partial charge on any atom is -0.380 e. The largest absolute Gasteiger partial charge is 0.380 e. The first-order valence-electron chi connectivity index (χ1n) is 9.01. The van der Waals surface area contributed by atoms with Crippen LogP contribution in [0.4, 0.5) is 0 Å². The van der Waals surface area contributed by atoms with Gasteiger partial charge in [-0.25, -0.2) is 4.99 Å². The Morgan fingerprint density at radius 2 is 1.62 bits per heavy atom. The number of allylic oxidation sites excluding steroid dienone is 1. The van der Waals surface area contributed by atoms with E-state index in [0.717, 1.165) is 41.8 Å². The number of aryl methyl sites for hydroxylation is 1. The molecule has 3 aromatic carbocycles. The maximum absolute atomic E-state index is 12.5. The maximum Gasteiger partial charge on any atom is 0.294 e. The van der Waals surface area contributed by atoms with E-state index in [1.807, 2.05) is 18.2 Å². The van der Waals surface area contributed by atoms with Crippen molar-refractivity contribution in [2.24, 2.45) is 4.99 Å². The predicted octanol–water partition coefficient (Wildman–Crippen LogP) is 4.12. The quantitative estimate of drug-likeness (QED) is 0.711. The van der Waals surface area contributed by atoms with Crippen LogP contribution >= 0.6 is 0 Å². The van der Waals surface area contributed by atoms with Gasteiger partial charge in [0.2, 0.25) is 0 Å². The smallest absolute Gasteiger partial charge is 0.294 e. The highest BCUT2D eigenvalue weighted by Crippen LogP contribution is 2.41. The lowest BCUT2D eigenvalue weighted by Gasteiger charge is -2.09. The zero-order chi connectivity index (χ0) is 17.5. The molecule has 1 aliphatic carbocycles. The number of fused-ring (bicyclic) bond motifs is 3. The molecule has 3 nitrogen and oxygen atoms in total. The Bertz CT molecular complexity index is 1090. The summed E-state index contributed by atoms with van der Waals surface area (Å²) in [6.45, 7) is 0.759. The summed E-state index contributed by atoms with van der Waals surface area (Å²) >= 11 is 0. The highest BCUT2D eigenvalue weighted by Gasteiger charge is 2.35. The minimum atomic E-state index is -0.152. The van der Waals surface area contributed by atoms with Crippen molar-refractivity contribution in [3.8, 4) is 0 Å². The lowest BCUT2D eigenvalue weighted by molar-refractivity contribution is -0.114.